The summed E-state index contributed by atoms with van der Waals surface area (Å²) < 4.78 is 55.2. The summed E-state index contributed by atoms with van der Waals surface area (Å²) in [6.07, 6.45) is -4.31. The minimum atomic E-state index is -4.78. The van der Waals surface area contributed by atoms with Gasteiger partial charge in [0.05, 0.1) is 31.8 Å². The molecule has 0 saturated carbocycles. The lowest BCUT2D eigenvalue weighted by molar-refractivity contribution is -0.385. The number of nitro benzene ring substituents is 1. The molecule has 0 fully saturated rings. The Morgan fingerprint density at radius 1 is 1.06 bits per heavy atom. The Labute approximate surface area is 199 Å². The topological polar surface area (TPSA) is 105 Å². The molecule has 2 aromatic rings. The molecule has 2 aromatic carbocycles. The number of nitrogens with zero attached hydrogens (tertiary/aromatic N) is 1. The van der Waals surface area contributed by atoms with Crippen molar-refractivity contribution in [2.75, 3.05) is 21.3 Å². The SMILES string of the molecule is C=CCC(C(=O)OC)(C(=O)OC)C(Cc1cc(C(F)(F)F)ccc1[N+](=O)[O-])c1ccc(OC)cc1. The van der Waals surface area contributed by atoms with E-state index in [1.54, 1.807) is 0 Å². The molecule has 2 rings (SSSR count). The van der Waals surface area contributed by atoms with Gasteiger partial charge in [0.15, 0.2) is 5.41 Å². The number of carbonyl (C=O) groups excluding carboxylic acids is 2. The Morgan fingerprint density at radius 3 is 2.06 bits per heavy atom. The van der Waals surface area contributed by atoms with Gasteiger partial charge in [-0.25, -0.2) is 0 Å². The number of ether oxygens (including phenoxy) is 3. The number of hydrogen-bond donors (Lipinski definition) is 0. The minimum absolute atomic E-state index is 0.310. The molecule has 0 aliphatic rings. The maximum atomic E-state index is 13.4. The van der Waals surface area contributed by atoms with Crippen LogP contribution in [0.15, 0.2) is 55.1 Å². The van der Waals surface area contributed by atoms with Gasteiger partial charge in [-0.3, -0.25) is 19.7 Å². The van der Waals surface area contributed by atoms with Gasteiger partial charge in [-0.2, -0.15) is 13.2 Å². The number of esters is 2. The number of carbonyl (C=O) groups is 2. The van der Waals surface area contributed by atoms with Gasteiger partial charge in [0.1, 0.15) is 5.75 Å². The van der Waals surface area contributed by atoms with Crippen LogP contribution in [-0.4, -0.2) is 38.2 Å². The van der Waals surface area contributed by atoms with E-state index >= 15 is 0 Å². The van der Waals surface area contributed by atoms with Crippen LogP contribution in [0.4, 0.5) is 18.9 Å². The molecule has 188 valence electrons. The lowest BCUT2D eigenvalue weighted by Gasteiger charge is -2.35. The van der Waals surface area contributed by atoms with E-state index in [0.717, 1.165) is 20.3 Å². The molecule has 0 heterocycles. The Hall–Kier alpha value is -3.89. The molecule has 0 bridgehead atoms. The Morgan fingerprint density at radius 2 is 1.63 bits per heavy atom. The van der Waals surface area contributed by atoms with Gasteiger partial charge < -0.3 is 14.2 Å². The summed E-state index contributed by atoms with van der Waals surface area (Å²) in [4.78, 5) is 37.0. The van der Waals surface area contributed by atoms with E-state index < -0.39 is 52.0 Å². The van der Waals surface area contributed by atoms with Crippen LogP contribution in [0.2, 0.25) is 0 Å². The van der Waals surface area contributed by atoms with Crippen molar-refractivity contribution in [2.24, 2.45) is 5.41 Å². The molecule has 1 unspecified atom stereocenters. The molecular formula is C24H24F3NO7. The lowest BCUT2D eigenvalue weighted by atomic mass is 9.67. The predicted molar refractivity (Wildman–Crippen MR) is 119 cm³/mol. The average molecular weight is 495 g/mol. The monoisotopic (exact) mass is 495 g/mol. The fourth-order valence-electron chi connectivity index (χ4n) is 4.00. The number of methoxy groups -OCH3 is 3. The third kappa shape index (κ3) is 5.61. The first kappa shape index (κ1) is 27.4. The Kier molecular flexibility index (Phi) is 8.62. The molecule has 11 heteroatoms. The summed E-state index contributed by atoms with van der Waals surface area (Å²) in [6, 6.07) is 8.05. The third-order valence-corrected chi connectivity index (χ3v) is 5.71. The van der Waals surface area contributed by atoms with Crippen LogP contribution in [0.5, 0.6) is 5.75 Å². The minimum Gasteiger partial charge on any atom is -0.497 e. The second-order valence-corrected chi connectivity index (χ2v) is 7.58. The Balaban J connectivity index is 2.87. The molecule has 0 aliphatic carbocycles. The number of alkyl halides is 3. The summed E-state index contributed by atoms with van der Waals surface area (Å²) in [5, 5.41) is 11.6. The molecule has 35 heavy (non-hydrogen) atoms. The summed E-state index contributed by atoms with van der Waals surface area (Å²) in [7, 11) is 3.51. The molecule has 1 atom stereocenters. The first-order valence-electron chi connectivity index (χ1n) is 10.2. The van der Waals surface area contributed by atoms with Crippen molar-refractivity contribution in [3.63, 3.8) is 0 Å². The van der Waals surface area contributed by atoms with Gasteiger partial charge in [-0.15, -0.1) is 6.58 Å². The zero-order valence-electron chi connectivity index (χ0n) is 19.3. The smallest absolute Gasteiger partial charge is 0.416 e. The van der Waals surface area contributed by atoms with E-state index in [1.165, 1.54) is 37.5 Å². The van der Waals surface area contributed by atoms with Gasteiger partial charge >= 0.3 is 18.1 Å². The van der Waals surface area contributed by atoms with Crippen LogP contribution >= 0.6 is 0 Å². The maximum absolute atomic E-state index is 13.4. The van der Waals surface area contributed by atoms with Crippen molar-refractivity contribution in [1.82, 2.24) is 0 Å². The van der Waals surface area contributed by atoms with Crippen molar-refractivity contribution in [1.29, 1.82) is 0 Å². The van der Waals surface area contributed by atoms with E-state index in [4.69, 9.17) is 14.2 Å². The summed E-state index contributed by atoms with van der Waals surface area (Å²) >= 11 is 0. The van der Waals surface area contributed by atoms with Gasteiger partial charge in [-0.05, 0) is 42.7 Å². The van der Waals surface area contributed by atoms with E-state index in [9.17, 15) is 32.9 Å². The molecule has 0 spiro atoms. The number of hydrogen-bond acceptors (Lipinski definition) is 7. The Bertz CT molecular complexity index is 1080. The predicted octanol–water partition coefficient (Wildman–Crippen LogP) is 4.86. The maximum Gasteiger partial charge on any atom is 0.416 e. The number of allylic oxidation sites excluding steroid dienone is 1. The fourth-order valence-corrected chi connectivity index (χ4v) is 4.00. The largest absolute Gasteiger partial charge is 0.497 e. The number of halogens is 3. The van der Waals surface area contributed by atoms with E-state index in [-0.39, 0.29) is 12.0 Å². The van der Waals surface area contributed by atoms with Crippen LogP contribution in [0, 0.1) is 15.5 Å². The zero-order chi connectivity index (χ0) is 26.4. The first-order chi connectivity index (χ1) is 16.5. The van der Waals surface area contributed by atoms with E-state index in [2.05, 4.69) is 6.58 Å². The van der Waals surface area contributed by atoms with Gasteiger partial charge in [0.25, 0.3) is 5.69 Å². The molecule has 8 nitrogen and oxygen atoms in total. The zero-order valence-corrected chi connectivity index (χ0v) is 19.3. The highest BCUT2D eigenvalue weighted by Crippen LogP contribution is 2.46. The first-order valence-corrected chi connectivity index (χ1v) is 10.2. The van der Waals surface area contributed by atoms with Crippen LogP contribution in [0.25, 0.3) is 0 Å². The van der Waals surface area contributed by atoms with Crippen molar-refractivity contribution in [2.45, 2.75) is 24.9 Å². The van der Waals surface area contributed by atoms with Crippen LogP contribution in [0.3, 0.4) is 0 Å². The molecule has 0 amide bonds. The molecule has 0 aliphatic heterocycles. The van der Waals surface area contributed by atoms with Crippen LogP contribution in [-0.2, 0) is 31.7 Å². The quantitative estimate of drug-likeness (QED) is 0.152. The highest BCUT2D eigenvalue weighted by atomic mass is 19.4. The standard InChI is InChI=1S/C24H24F3NO7/c1-5-12-23(21(29)34-3,22(30)35-4)19(15-6-9-18(33-2)10-7-15)14-16-13-17(24(25,26)27)8-11-20(16)28(31)32/h5-11,13,19H,1,12,14H2,2-4H3. The van der Waals surface area contributed by atoms with Gasteiger partial charge in [0.2, 0.25) is 0 Å². The second kappa shape index (κ2) is 11.0. The number of nitro groups is 1. The van der Waals surface area contributed by atoms with Crippen molar-refractivity contribution in [3.8, 4) is 5.75 Å². The number of rotatable bonds is 10. The van der Waals surface area contributed by atoms with Crippen LogP contribution in [0.1, 0.15) is 29.0 Å². The van der Waals surface area contributed by atoms with Gasteiger partial charge in [-0.1, -0.05) is 18.2 Å². The molecule has 0 aromatic heterocycles. The summed E-state index contributed by atoms with van der Waals surface area (Å²) in [6.45, 7) is 3.59. The molecule has 0 N–H and O–H groups in total. The third-order valence-electron chi connectivity index (χ3n) is 5.71. The second-order valence-electron chi connectivity index (χ2n) is 7.58. The van der Waals surface area contributed by atoms with E-state index in [1.807, 2.05) is 0 Å². The highest BCUT2D eigenvalue weighted by molar-refractivity contribution is 6.01. The van der Waals surface area contributed by atoms with Gasteiger partial charge in [0, 0.05) is 17.5 Å². The highest BCUT2D eigenvalue weighted by Gasteiger charge is 2.54. The lowest BCUT2D eigenvalue weighted by Crippen LogP contribution is -2.46. The van der Waals surface area contributed by atoms with E-state index in [0.29, 0.717) is 23.4 Å². The van der Waals surface area contributed by atoms with Crippen molar-refractivity contribution >= 4 is 17.6 Å². The number of benzene rings is 2. The normalized spacial score (nSPS) is 12.4. The summed E-state index contributed by atoms with van der Waals surface area (Å²) in [5.74, 6) is -2.85. The molecular weight excluding hydrogens is 471 g/mol. The van der Waals surface area contributed by atoms with Crippen LogP contribution < -0.4 is 4.74 Å². The molecule has 0 radical (unpaired) electrons. The fraction of sp³-hybridized carbons (Fsp3) is 0.333. The summed E-state index contributed by atoms with van der Waals surface area (Å²) in [5.41, 5.74) is -3.82. The van der Waals surface area contributed by atoms with Crippen molar-refractivity contribution in [3.05, 3.63) is 81.9 Å². The van der Waals surface area contributed by atoms with Crippen molar-refractivity contribution < 1.29 is 41.9 Å². The average Bonchev–Trinajstić information content (AvgIpc) is 2.84. The molecule has 0 saturated heterocycles.